The van der Waals surface area contributed by atoms with Gasteiger partial charge in [0.25, 0.3) is 0 Å². The molecule has 2 heterocycles. The smallest absolute Gasteiger partial charge is 0.341 e. The second kappa shape index (κ2) is 5.54. The molecule has 0 amide bonds. The van der Waals surface area contributed by atoms with Crippen molar-refractivity contribution in [3.05, 3.63) is 28.0 Å². The summed E-state index contributed by atoms with van der Waals surface area (Å²) in [7, 11) is 0. The minimum Gasteiger partial charge on any atom is -0.462 e. The van der Waals surface area contributed by atoms with Crippen LogP contribution in [0.1, 0.15) is 28.6 Å². The minimum absolute atomic E-state index is 0.317. The molecule has 0 aliphatic rings. The molecule has 0 saturated heterocycles. The van der Waals surface area contributed by atoms with E-state index < -0.39 is 0 Å². The second-order valence-corrected chi connectivity index (χ2v) is 6.09. The lowest BCUT2D eigenvalue weighted by Gasteiger charge is -2.05. The number of nitrogen functional groups attached to an aromatic ring is 1. The molecule has 0 aromatic carbocycles. The van der Waals surface area contributed by atoms with Crippen molar-refractivity contribution in [2.24, 2.45) is 0 Å². The summed E-state index contributed by atoms with van der Waals surface area (Å²) in [5.74, 6) is -0.317. The van der Waals surface area contributed by atoms with E-state index >= 15 is 0 Å². The highest BCUT2D eigenvalue weighted by molar-refractivity contribution is 7.18. The molecule has 0 aliphatic carbocycles. The first-order chi connectivity index (χ1) is 8.65. The predicted molar refractivity (Wildman–Crippen MR) is 77.4 cm³/mol. The highest BCUT2D eigenvalue weighted by atomic mass is 32.1. The third-order valence-corrected chi connectivity index (χ3v) is 4.34. The van der Waals surface area contributed by atoms with Crippen LogP contribution in [0.15, 0.2) is 17.5 Å². The molecule has 0 unspecified atom stereocenters. The fraction of sp³-hybridized carbons (Fsp3) is 0.308. The third kappa shape index (κ3) is 2.42. The van der Waals surface area contributed by atoms with Gasteiger partial charge < -0.3 is 10.5 Å². The molecule has 0 fully saturated rings. The summed E-state index contributed by atoms with van der Waals surface area (Å²) in [4.78, 5) is 14.2. The maximum absolute atomic E-state index is 12.1. The van der Waals surface area contributed by atoms with E-state index in [1.54, 1.807) is 11.3 Å². The van der Waals surface area contributed by atoms with E-state index in [-0.39, 0.29) is 5.97 Å². The first-order valence-corrected chi connectivity index (χ1v) is 7.44. The Morgan fingerprint density at radius 3 is 2.89 bits per heavy atom. The summed E-state index contributed by atoms with van der Waals surface area (Å²) >= 11 is 3.04. The molecule has 2 aromatic heterocycles. The average molecular weight is 281 g/mol. The van der Waals surface area contributed by atoms with E-state index in [0.29, 0.717) is 17.2 Å². The molecule has 0 spiro atoms. The summed E-state index contributed by atoms with van der Waals surface area (Å²) in [5, 5.41) is 2.53. The summed E-state index contributed by atoms with van der Waals surface area (Å²) in [6.45, 7) is 4.37. The van der Waals surface area contributed by atoms with Crippen molar-refractivity contribution in [3.8, 4) is 10.4 Å². The molecule has 0 saturated carbocycles. The monoisotopic (exact) mass is 281 g/mol. The highest BCUT2D eigenvalue weighted by Gasteiger charge is 2.23. The van der Waals surface area contributed by atoms with Gasteiger partial charge in [-0.1, -0.05) is 13.0 Å². The van der Waals surface area contributed by atoms with Crippen LogP contribution < -0.4 is 5.73 Å². The Kier molecular flexibility index (Phi) is 4.04. The Hall–Kier alpha value is -1.33. The quantitative estimate of drug-likeness (QED) is 0.864. The topological polar surface area (TPSA) is 52.3 Å². The molecule has 0 bridgehead atoms. The number of carbonyl (C=O) groups excluding carboxylic acids is 1. The molecular formula is C13H15NO2S2. The summed E-state index contributed by atoms with van der Waals surface area (Å²) in [6.07, 6.45) is 0.809. The number of anilines is 1. The molecule has 2 N–H and O–H groups in total. The van der Waals surface area contributed by atoms with Crippen molar-refractivity contribution in [1.82, 2.24) is 0 Å². The van der Waals surface area contributed by atoms with Crippen molar-refractivity contribution in [2.45, 2.75) is 20.3 Å². The number of ether oxygens (including phenoxy) is 1. The Morgan fingerprint density at radius 2 is 2.28 bits per heavy atom. The van der Waals surface area contributed by atoms with Gasteiger partial charge in [0, 0.05) is 15.3 Å². The summed E-state index contributed by atoms with van der Waals surface area (Å²) in [6, 6.07) is 3.96. The van der Waals surface area contributed by atoms with Crippen molar-refractivity contribution in [2.75, 3.05) is 12.3 Å². The van der Waals surface area contributed by atoms with Crippen molar-refractivity contribution >= 4 is 33.6 Å². The maximum Gasteiger partial charge on any atom is 0.341 e. The van der Waals surface area contributed by atoms with Gasteiger partial charge >= 0.3 is 5.97 Å². The number of aryl methyl sites for hydroxylation is 1. The Morgan fingerprint density at radius 1 is 1.50 bits per heavy atom. The van der Waals surface area contributed by atoms with Gasteiger partial charge in [0.1, 0.15) is 10.6 Å². The first-order valence-electron chi connectivity index (χ1n) is 5.75. The number of hydrogen-bond donors (Lipinski definition) is 1. The van der Waals surface area contributed by atoms with E-state index in [1.807, 2.05) is 31.4 Å². The van der Waals surface area contributed by atoms with Gasteiger partial charge in [0.05, 0.1) is 6.61 Å². The number of carbonyl (C=O) groups is 1. The summed E-state index contributed by atoms with van der Waals surface area (Å²) < 4.78 is 5.20. The van der Waals surface area contributed by atoms with Gasteiger partial charge in [0.15, 0.2) is 0 Å². The van der Waals surface area contributed by atoms with Crippen LogP contribution in [0.4, 0.5) is 5.00 Å². The Labute approximate surface area is 114 Å². The third-order valence-electron chi connectivity index (χ3n) is 2.52. The van der Waals surface area contributed by atoms with Crippen LogP contribution in [-0.2, 0) is 4.74 Å². The molecule has 0 aliphatic heterocycles. The van der Waals surface area contributed by atoms with E-state index in [2.05, 4.69) is 0 Å². The van der Waals surface area contributed by atoms with Gasteiger partial charge in [-0.3, -0.25) is 0 Å². The highest BCUT2D eigenvalue weighted by Crippen LogP contribution is 2.40. The van der Waals surface area contributed by atoms with Crippen molar-refractivity contribution in [3.63, 3.8) is 0 Å². The lowest BCUT2D eigenvalue weighted by Crippen LogP contribution is -2.08. The lowest BCUT2D eigenvalue weighted by molar-refractivity contribution is 0.0508. The lowest BCUT2D eigenvalue weighted by atomic mass is 10.1. The molecular weight excluding hydrogens is 266 g/mol. The largest absolute Gasteiger partial charge is 0.462 e. The molecule has 0 radical (unpaired) electrons. The van der Waals surface area contributed by atoms with E-state index in [4.69, 9.17) is 10.5 Å². The second-order valence-electron chi connectivity index (χ2n) is 3.89. The fourth-order valence-electron chi connectivity index (χ4n) is 1.75. The van der Waals surface area contributed by atoms with Crippen LogP contribution in [0.3, 0.4) is 0 Å². The molecule has 2 aromatic rings. The van der Waals surface area contributed by atoms with Crippen LogP contribution in [0.2, 0.25) is 0 Å². The molecule has 96 valence electrons. The van der Waals surface area contributed by atoms with Crippen LogP contribution in [0.5, 0.6) is 0 Å². The first kappa shape index (κ1) is 13.1. The van der Waals surface area contributed by atoms with Gasteiger partial charge in [-0.25, -0.2) is 4.79 Å². The average Bonchev–Trinajstić information content (AvgIpc) is 2.93. The van der Waals surface area contributed by atoms with E-state index in [9.17, 15) is 4.79 Å². The van der Waals surface area contributed by atoms with Crippen molar-refractivity contribution in [1.29, 1.82) is 0 Å². The summed E-state index contributed by atoms with van der Waals surface area (Å²) in [5.41, 5.74) is 7.39. The Balaban J connectivity index is 2.43. The molecule has 0 atom stereocenters. The number of esters is 1. The standard InChI is InChI=1S/C13H15NO2S2/c1-3-6-16-13(15)11-10(8(2)18-12(11)14)9-5-4-7-17-9/h4-5,7H,3,6,14H2,1-2H3. The maximum atomic E-state index is 12.1. The molecule has 5 heteroatoms. The number of rotatable bonds is 4. The van der Waals surface area contributed by atoms with Gasteiger partial charge in [-0.2, -0.15) is 0 Å². The zero-order valence-corrected chi connectivity index (χ0v) is 12.0. The normalized spacial score (nSPS) is 10.6. The van der Waals surface area contributed by atoms with E-state index in [0.717, 1.165) is 21.7 Å². The van der Waals surface area contributed by atoms with Gasteiger partial charge in [-0.05, 0) is 24.8 Å². The zero-order chi connectivity index (χ0) is 13.1. The van der Waals surface area contributed by atoms with Gasteiger partial charge in [-0.15, -0.1) is 22.7 Å². The van der Waals surface area contributed by atoms with Crippen molar-refractivity contribution < 1.29 is 9.53 Å². The molecule has 18 heavy (non-hydrogen) atoms. The van der Waals surface area contributed by atoms with Crippen LogP contribution in [0, 0.1) is 6.92 Å². The Bertz CT molecular complexity index is 544. The number of thiophene rings is 2. The van der Waals surface area contributed by atoms with Crippen LogP contribution >= 0.6 is 22.7 Å². The fourth-order valence-corrected chi connectivity index (χ4v) is 3.58. The number of hydrogen-bond acceptors (Lipinski definition) is 5. The zero-order valence-electron chi connectivity index (χ0n) is 10.4. The van der Waals surface area contributed by atoms with Crippen LogP contribution in [-0.4, -0.2) is 12.6 Å². The SMILES string of the molecule is CCCOC(=O)c1c(N)sc(C)c1-c1cccs1. The minimum atomic E-state index is -0.317. The van der Waals surface area contributed by atoms with E-state index in [1.165, 1.54) is 11.3 Å². The predicted octanol–water partition coefficient (Wildman–Crippen LogP) is 3.93. The van der Waals surface area contributed by atoms with Gasteiger partial charge in [0.2, 0.25) is 0 Å². The molecule has 3 nitrogen and oxygen atoms in total. The molecule has 2 rings (SSSR count). The number of nitrogens with two attached hydrogens (primary N) is 1. The van der Waals surface area contributed by atoms with Crippen LogP contribution in [0.25, 0.3) is 10.4 Å².